The summed E-state index contributed by atoms with van der Waals surface area (Å²) in [6.45, 7) is 7.44. The lowest BCUT2D eigenvalue weighted by atomic mass is 10.00. The van der Waals surface area contributed by atoms with E-state index in [1.165, 1.54) is 0 Å². The number of aryl methyl sites for hydroxylation is 2. The van der Waals surface area contributed by atoms with Gasteiger partial charge in [-0.3, -0.25) is 10.1 Å². The summed E-state index contributed by atoms with van der Waals surface area (Å²) in [5, 5.41) is 6.62. The molecule has 1 saturated heterocycles. The number of carbonyl (C=O) groups is 2. The Hall–Kier alpha value is -2.86. The van der Waals surface area contributed by atoms with Gasteiger partial charge in [0, 0.05) is 24.8 Å². The van der Waals surface area contributed by atoms with Gasteiger partial charge in [-0.25, -0.2) is 4.79 Å². The number of benzene rings is 2. The van der Waals surface area contributed by atoms with E-state index in [1.807, 2.05) is 69.3 Å². The van der Waals surface area contributed by atoms with Crippen molar-refractivity contribution in [2.75, 3.05) is 25.0 Å². The van der Waals surface area contributed by atoms with E-state index in [9.17, 15) is 9.59 Å². The maximum absolute atomic E-state index is 13.2. The molecule has 2 N–H and O–H groups in total. The number of piperidine rings is 1. The number of amides is 2. The Morgan fingerprint density at radius 1 is 1.10 bits per heavy atom. The Labute approximate surface area is 178 Å². The third-order valence-corrected chi connectivity index (χ3v) is 5.47. The van der Waals surface area contributed by atoms with Crippen LogP contribution in [-0.2, 0) is 9.53 Å². The lowest BCUT2D eigenvalue weighted by molar-refractivity contribution is -0.118. The number of carbonyl (C=O) groups excluding carboxylic acids is 2. The highest BCUT2D eigenvalue weighted by Gasteiger charge is 2.28. The van der Waals surface area contributed by atoms with Crippen LogP contribution in [0.2, 0.25) is 0 Å². The minimum atomic E-state index is -0.467. The first-order chi connectivity index (χ1) is 14.5. The first kappa shape index (κ1) is 21.8. The molecular weight excluding hydrogens is 378 g/mol. The standard InChI is InChI=1S/C24H31N3O3/c1-4-30-24(29)27-14-12-20(13-15-27)25-22(19-8-6-5-7-9-19)23(28)26-21-16-17(2)10-11-18(21)3/h5-11,16,20,22,25H,4,12-15H2,1-3H3,(H,26,28). The first-order valence-corrected chi connectivity index (χ1v) is 10.6. The molecule has 2 aromatic carbocycles. The highest BCUT2D eigenvalue weighted by atomic mass is 16.6. The van der Waals surface area contributed by atoms with Gasteiger partial charge in [-0.1, -0.05) is 42.5 Å². The monoisotopic (exact) mass is 409 g/mol. The van der Waals surface area contributed by atoms with Crippen LogP contribution in [0.5, 0.6) is 0 Å². The summed E-state index contributed by atoms with van der Waals surface area (Å²) in [6, 6.07) is 15.5. The second-order valence-corrected chi connectivity index (χ2v) is 7.78. The average molecular weight is 410 g/mol. The van der Waals surface area contributed by atoms with Crippen LogP contribution in [0.15, 0.2) is 48.5 Å². The van der Waals surface area contributed by atoms with Gasteiger partial charge in [0.15, 0.2) is 0 Å². The molecule has 2 amide bonds. The molecule has 1 heterocycles. The van der Waals surface area contributed by atoms with Crippen LogP contribution in [0.25, 0.3) is 0 Å². The van der Waals surface area contributed by atoms with E-state index in [0.717, 1.165) is 35.2 Å². The second-order valence-electron chi connectivity index (χ2n) is 7.78. The Kier molecular flexibility index (Phi) is 7.46. The second kappa shape index (κ2) is 10.3. The SMILES string of the molecule is CCOC(=O)N1CCC(NC(C(=O)Nc2cc(C)ccc2C)c2ccccc2)CC1. The molecule has 0 bridgehead atoms. The highest BCUT2D eigenvalue weighted by Crippen LogP contribution is 2.22. The average Bonchev–Trinajstić information content (AvgIpc) is 2.75. The fraction of sp³-hybridized carbons (Fsp3) is 0.417. The lowest BCUT2D eigenvalue weighted by Crippen LogP contribution is -2.47. The zero-order valence-electron chi connectivity index (χ0n) is 18.0. The number of rotatable bonds is 6. The van der Waals surface area contributed by atoms with E-state index in [1.54, 1.807) is 4.90 Å². The molecular formula is C24H31N3O3. The Morgan fingerprint density at radius 2 is 1.80 bits per heavy atom. The molecule has 3 rings (SSSR count). The van der Waals surface area contributed by atoms with Gasteiger partial charge in [-0.05, 0) is 56.4 Å². The molecule has 2 aromatic rings. The summed E-state index contributed by atoms with van der Waals surface area (Å²) >= 11 is 0. The quantitative estimate of drug-likeness (QED) is 0.750. The third kappa shape index (κ3) is 5.60. The van der Waals surface area contributed by atoms with Crippen molar-refractivity contribution in [1.29, 1.82) is 0 Å². The Morgan fingerprint density at radius 3 is 2.47 bits per heavy atom. The number of nitrogens with one attached hydrogen (secondary N) is 2. The van der Waals surface area contributed by atoms with E-state index < -0.39 is 6.04 Å². The molecule has 1 unspecified atom stereocenters. The highest BCUT2D eigenvalue weighted by molar-refractivity contribution is 5.96. The number of hydrogen-bond acceptors (Lipinski definition) is 4. The van der Waals surface area contributed by atoms with Crippen molar-refractivity contribution in [2.45, 2.75) is 45.7 Å². The summed E-state index contributed by atoms with van der Waals surface area (Å²) in [6.07, 6.45) is 1.29. The van der Waals surface area contributed by atoms with Crippen molar-refractivity contribution in [3.05, 3.63) is 65.2 Å². The van der Waals surface area contributed by atoms with E-state index >= 15 is 0 Å². The zero-order chi connectivity index (χ0) is 21.5. The Balaban J connectivity index is 1.70. The molecule has 0 aromatic heterocycles. The fourth-order valence-electron chi connectivity index (χ4n) is 3.72. The van der Waals surface area contributed by atoms with Gasteiger partial charge in [0.25, 0.3) is 0 Å². The van der Waals surface area contributed by atoms with Gasteiger partial charge in [0.05, 0.1) is 6.61 Å². The molecule has 0 spiro atoms. The molecule has 1 aliphatic heterocycles. The van der Waals surface area contributed by atoms with Gasteiger partial charge in [0.1, 0.15) is 6.04 Å². The molecule has 160 valence electrons. The summed E-state index contributed by atoms with van der Waals surface area (Å²) < 4.78 is 5.09. The number of hydrogen-bond donors (Lipinski definition) is 2. The fourth-order valence-corrected chi connectivity index (χ4v) is 3.72. The van der Waals surface area contributed by atoms with E-state index in [-0.39, 0.29) is 18.0 Å². The van der Waals surface area contributed by atoms with Gasteiger partial charge < -0.3 is 15.0 Å². The predicted molar refractivity (Wildman–Crippen MR) is 118 cm³/mol. The summed E-state index contributed by atoms with van der Waals surface area (Å²) in [7, 11) is 0. The molecule has 6 nitrogen and oxygen atoms in total. The minimum absolute atomic E-state index is 0.0808. The molecule has 0 saturated carbocycles. The molecule has 1 fully saturated rings. The topological polar surface area (TPSA) is 70.7 Å². The summed E-state index contributed by atoms with van der Waals surface area (Å²) in [5.74, 6) is -0.0808. The van der Waals surface area contributed by atoms with Crippen LogP contribution < -0.4 is 10.6 Å². The predicted octanol–water partition coefficient (Wildman–Crippen LogP) is 4.19. The van der Waals surface area contributed by atoms with Crippen molar-refractivity contribution < 1.29 is 14.3 Å². The smallest absolute Gasteiger partial charge is 0.409 e. The van der Waals surface area contributed by atoms with Crippen LogP contribution in [0, 0.1) is 13.8 Å². The van der Waals surface area contributed by atoms with Crippen LogP contribution in [-0.4, -0.2) is 42.6 Å². The van der Waals surface area contributed by atoms with Crippen molar-refractivity contribution in [1.82, 2.24) is 10.2 Å². The van der Waals surface area contributed by atoms with Gasteiger partial charge in [-0.2, -0.15) is 0 Å². The molecule has 30 heavy (non-hydrogen) atoms. The first-order valence-electron chi connectivity index (χ1n) is 10.6. The number of nitrogens with zero attached hydrogens (tertiary/aromatic N) is 1. The van der Waals surface area contributed by atoms with Crippen molar-refractivity contribution in [3.63, 3.8) is 0 Å². The Bertz CT molecular complexity index is 861. The number of anilines is 1. The van der Waals surface area contributed by atoms with Crippen molar-refractivity contribution >= 4 is 17.7 Å². The van der Waals surface area contributed by atoms with E-state index in [2.05, 4.69) is 10.6 Å². The van der Waals surface area contributed by atoms with Gasteiger partial charge in [0.2, 0.25) is 5.91 Å². The normalized spacial score (nSPS) is 15.5. The van der Waals surface area contributed by atoms with E-state index in [4.69, 9.17) is 4.74 Å². The van der Waals surface area contributed by atoms with Crippen LogP contribution in [0.1, 0.15) is 42.5 Å². The van der Waals surface area contributed by atoms with Crippen molar-refractivity contribution in [3.8, 4) is 0 Å². The van der Waals surface area contributed by atoms with E-state index in [0.29, 0.717) is 19.7 Å². The van der Waals surface area contributed by atoms with Crippen LogP contribution >= 0.6 is 0 Å². The number of ether oxygens (including phenoxy) is 1. The van der Waals surface area contributed by atoms with Gasteiger partial charge >= 0.3 is 6.09 Å². The lowest BCUT2D eigenvalue weighted by Gasteiger charge is -2.34. The van der Waals surface area contributed by atoms with Crippen LogP contribution in [0.3, 0.4) is 0 Å². The largest absolute Gasteiger partial charge is 0.450 e. The molecule has 0 aliphatic carbocycles. The van der Waals surface area contributed by atoms with Crippen LogP contribution in [0.4, 0.5) is 10.5 Å². The molecule has 1 atom stereocenters. The zero-order valence-corrected chi connectivity index (χ0v) is 18.0. The molecule has 1 aliphatic rings. The number of likely N-dealkylation sites (tertiary alicyclic amines) is 1. The molecule has 6 heteroatoms. The maximum atomic E-state index is 13.2. The maximum Gasteiger partial charge on any atom is 0.409 e. The van der Waals surface area contributed by atoms with Crippen molar-refractivity contribution in [2.24, 2.45) is 0 Å². The molecule has 0 radical (unpaired) electrons. The third-order valence-electron chi connectivity index (χ3n) is 5.47. The van der Waals surface area contributed by atoms with Gasteiger partial charge in [-0.15, -0.1) is 0 Å². The minimum Gasteiger partial charge on any atom is -0.450 e. The summed E-state index contributed by atoms with van der Waals surface area (Å²) in [5.41, 5.74) is 3.89. The summed E-state index contributed by atoms with van der Waals surface area (Å²) in [4.78, 5) is 26.9.